The van der Waals surface area contributed by atoms with Crippen LogP contribution in [-0.2, 0) is 4.79 Å². The summed E-state index contributed by atoms with van der Waals surface area (Å²) in [6, 6.07) is 64.7. The Morgan fingerprint density at radius 2 is 0.522 bits per heavy atom. The van der Waals surface area contributed by atoms with Gasteiger partial charge in [0.1, 0.15) is 0 Å². The molecule has 0 bridgehead atoms. The monoisotopic (exact) mass is 655 g/mol. The fraction of sp³-hybridized carbons (Fsp3) is 0.0263. The molecule has 0 fully saturated rings. The van der Waals surface area contributed by atoms with E-state index in [2.05, 4.69) is 182 Å². The summed E-state index contributed by atoms with van der Waals surface area (Å²) < 4.78 is 31.7. The van der Waals surface area contributed by atoms with Gasteiger partial charge in [0, 0.05) is 0 Å². The molecular formula is C38H34F3NO2P2. The maximum atomic E-state index is 10.6. The Labute approximate surface area is 270 Å². The van der Waals surface area contributed by atoms with E-state index in [4.69, 9.17) is 9.90 Å². The van der Waals surface area contributed by atoms with E-state index in [1.165, 1.54) is 31.8 Å². The predicted molar refractivity (Wildman–Crippen MR) is 189 cm³/mol. The molecule has 6 rings (SSSR count). The topological polar surface area (TPSA) is 72.3 Å². The predicted octanol–water partition coefficient (Wildman–Crippen LogP) is 7.68. The largest absolute Gasteiger partial charge is 0.490 e. The highest BCUT2D eigenvalue weighted by atomic mass is 31.1. The molecule has 6 aromatic rings. The molecule has 3 nitrogen and oxygen atoms in total. The molecule has 0 spiro atoms. The minimum absolute atomic E-state index is 0. The Balaban J connectivity index is 0.000000205. The smallest absolute Gasteiger partial charge is 0.475 e. The molecule has 234 valence electrons. The molecule has 8 heteroatoms. The summed E-state index contributed by atoms with van der Waals surface area (Å²) in [5, 5.41) is 15.5. The van der Waals surface area contributed by atoms with Crippen molar-refractivity contribution in [2.24, 2.45) is 0 Å². The molecule has 0 radical (unpaired) electrons. The van der Waals surface area contributed by atoms with Gasteiger partial charge in [-0.25, -0.2) is 4.79 Å². The van der Waals surface area contributed by atoms with Crippen molar-refractivity contribution >= 4 is 53.6 Å². The zero-order valence-electron chi connectivity index (χ0n) is 24.9. The number of halogens is 3. The van der Waals surface area contributed by atoms with Crippen LogP contribution in [0.2, 0.25) is 0 Å². The molecule has 46 heavy (non-hydrogen) atoms. The molecule has 0 saturated carbocycles. The highest BCUT2D eigenvalue weighted by molar-refractivity contribution is 7.80. The van der Waals surface area contributed by atoms with E-state index >= 15 is 0 Å². The number of rotatable bonds is 6. The van der Waals surface area contributed by atoms with Crippen molar-refractivity contribution in [1.29, 1.82) is 0 Å². The van der Waals surface area contributed by atoms with Gasteiger partial charge in [-0.2, -0.15) is 13.2 Å². The van der Waals surface area contributed by atoms with Crippen LogP contribution in [0.15, 0.2) is 182 Å². The number of carboxylic acid groups (broad SMARTS) is 1. The number of benzene rings is 6. The van der Waals surface area contributed by atoms with Gasteiger partial charge in [0.2, 0.25) is 0 Å². The molecule has 0 unspecified atom stereocenters. The van der Waals surface area contributed by atoms with Gasteiger partial charge >= 0.3 is 12.1 Å². The van der Waals surface area contributed by atoms with Gasteiger partial charge in [0.05, 0.1) is 0 Å². The van der Waals surface area contributed by atoms with Gasteiger partial charge in [0.25, 0.3) is 0 Å². The quantitative estimate of drug-likeness (QED) is 0.181. The molecule has 0 saturated heterocycles. The number of carboxylic acids is 1. The Kier molecular flexibility index (Phi) is 14.3. The maximum absolute atomic E-state index is 10.6. The zero-order chi connectivity index (χ0) is 31.9. The van der Waals surface area contributed by atoms with Crippen molar-refractivity contribution in [1.82, 2.24) is 6.15 Å². The molecule has 0 atom stereocenters. The minimum atomic E-state index is -5.08. The van der Waals surface area contributed by atoms with Crippen molar-refractivity contribution in [2.45, 2.75) is 6.18 Å². The molecular weight excluding hydrogens is 621 g/mol. The van der Waals surface area contributed by atoms with E-state index in [0.717, 1.165) is 0 Å². The lowest BCUT2D eigenvalue weighted by Crippen LogP contribution is -2.21. The number of hydrogen-bond acceptors (Lipinski definition) is 2. The van der Waals surface area contributed by atoms with Crippen LogP contribution in [0.3, 0.4) is 0 Å². The SMILES string of the molecule is N.O=C(O)C(F)(F)F.c1ccc(P(c2ccccc2)c2ccccc2)cc1.c1ccc(P(c2ccccc2)c2ccccc2)cc1. The average molecular weight is 656 g/mol. The van der Waals surface area contributed by atoms with Crippen LogP contribution in [0.5, 0.6) is 0 Å². The van der Waals surface area contributed by atoms with E-state index in [0.29, 0.717) is 0 Å². The molecule has 0 aliphatic carbocycles. The van der Waals surface area contributed by atoms with E-state index in [1.807, 2.05) is 0 Å². The maximum Gasteiger partial charge on any atom is 0.490 e. The van der Waals surface area contributed by atoms with Gasteiger partial charge in [-0.05, 0) is 47.7 Å². The van der Waals surface area contributed by atoms with Gasteiger partial charge in [-0.3, -0.25) is 0 Å². The number of aliphatic carboxylic acids is 1. The van der Waals surface area contributed by atoms with Crippen LogP contribution in [0.25, 0.3) is 0 Å². The number of alkyl halides is 3. The van der Waals surface area contributed by atoms with Crippen molar-refractivity contribution in [3.8, 4) is 0 Å². The van der Waals surface area contributed by atoms with Gasteiger partial charge in [-0.15, -0.1) is 0 Å². The van der Waals surface area contributed by atoms with Crippen molar-refractivity contribution in [3.05, 3.63) is 182 Å². The molecule has 0 heterocycles. The van der Waals surface area contributed by atoms with Crippen LogP contribution in [0, 0.1) is 0 Å². The summed E-state index contributed by atoms with van der Waals surface area (Å²) in [4.78, 5) is 8.90. The summed E-state index contributed by atoms with van der Waals surface area (Å²) >= 11 is 0. The average Bonchev–Trinajstić information content (AvgIpc) is 3.08. The molecule has 6 aromatic carbocycles. The standard InChI is InChI=1S/2C18H15P.C2HF3O2.H3N/c2*1-4-10-16(11-5-1)19(17-12-6-2-7-13-17)18-14-8-3-9-15-18;3-2(4,5)1(6)7;/h2*1-15H;(H,6,7);1H3. The highest BCUT2D eigenvalue weighted by Gasteiger charge is 2.38. The lowest BCUT2D eigenvalue weighted by atomic mass is 10.4. The second-order valence-electron chi connectivity index (χ2n) is 9.49. The lowest BCUT2D eigenvalue weighted by molar-refractivity contribution is -0.192. The summed E-state index contributed by atoms with van der Waals surface area (Å²) in [7, 11) is -0.892. The third-order valence-electron chi connectivity index (χ3n) is 6.33. The van der Waals surface area contributed by atoms with Gasteiger partial charge in [0.15, 0.2) is 0 Å². The Hall–Kier alpha value is -4.60. The third kappa shape index (κ3) is 10.8. The summed E-state index contributed by atoms with van der Waals surface area (Å²) in [5.74, 6) is -2.76. The second-order valence-corrected chi connectivity index (χ2v) is 13.9. The normalized spacial score (nSPS) is 10.5. The van der Waals surface area contributed by atoms with Crippen molar-refractivity contribution < 1.29 is 23.1 Å². The van der Waals surface area contributed by atoms with E-state index in [1.54, 1.807) is 0 Å². The van der Waals surface area contributed by atoms with Crippen LogP contribution < -0.4 is 38.0 Å². The zero-order valence-corrected chi connectivity index (χ0v) is 26.7. The van der Waals surface area contributed by atoms with E-state index in [9.17, 15) is 13.2 Å². The number of hydrogen-bond donors (Lipinski definition) is 2. The van der Waals surface area contributed by atoms with Crippen LogP contribution in [-0.4, -0.2) is 17.3 Å². The molecule has 0 aromatic heterocycles. The fourth-order valence-corrected chi connectivity index (χ4v) is 8.97. The minimum Gasteiger partial charge on any atom is -0.475 e. The molecule has 0 aliphatic rings. The van der Waals surface area contributed by atoms with Crippen molar-refractivity contribution in [3.63, 3.8) is 0 Å². The van der Waals surface area contributed by atoms with E-state index < -0.39 is 28.0 Å². The lowest BCUT2D eigenvalue weighted by Gasteiger charge is -2.18. The first-order valence-corrected chi connectivity index (χ1v) is 16.7. The third-order valence-corrected chi connectivity index (χ3v) is 11.2. The van der Waals surface area contributed by atoms with Gasteiger partial charge in [-0.1, -0.05) is 182 Å². The Morgan fingerprint density at radius 3 is 0.630 bits per heavy atom. The fourth-order valence-electron chi connectivity index (χ4n) is 4.36. The second kappa shape index (κ2) is 18.4. The van der Waals surface area contributed by atoms with Gasteiger partial charge < -0.3 is 11.3 Å². The first-order valence-electron chi connectivity index (χ1n) is 14.1. The summed E-state index contributed by atoms with van der Waals surface area (Å²) in [5.41, 5.74) is 0. The highest BCUT2D eigenvalue weighted by Crippen LogP contribution is 2.33. The van der Waals surface area contributed by atoms with Crippen LogP contribution in [0.1, 0.15) is 0 Å². The van der Waals surface area contributed by atoms with E-state index in [-0.39, 0.29) is 6.15 Å². The first kappa shape index (κ1) is 35.9. The van der Waals surface area contributed by atoms with Crippen molar-refractivity contribution in [2.75, 3.05) is 0 Å². The first-order chi connectivity index (χ1) is 21.8. The number of carbonyl (C=O) groups is 1. The molecule has 0 aliphatic heterocycles. The Morgan fingerprint density at radius 1 is 0.391 bits per heavy atom. The Bertz CT molecular complexity index is 1390. The molecule has 0 amide bonds. The van der Waals surface area contributed by atoms with Crippen LogP contribution >= 0.6 is 15.8 Å². The summed E-state index contributed by atoms with van der Waals surface area (Å²) in [6.07, 6.45) is -5.08. The molecule has 4 N–H and O–H groups in total. The van der Waals surface area contributed by atoms with Crippen LogP contribution in [0.4, 0.5) is 13.2 Å². The summed E-state index contributed by atoms with van der Waals surface area (Å²) in [6.45, 7) is 0.